The molecule has 1 amide bonds. The maximum absolute atomic E-state index is 16.6. The number of hydrogen-bond acceptors (Lipinski definition) is 8. The highest BCUT2D eigenvalue weighted by Crippen LogP contribution is 2.44. The molecule has 0 aliphatic carbocycles. The number of nitrogens with zero attached hydrogens (tertiary/aromatic N) is 6. The summed E-state index contributed by atoms with van der Waals surface area (Å²) >= 11 is 0. The van der Waals surface area contributed by atoms with Crippen LogP contribution in [0.1, 0.15) is 49.4 Å². The molecule has 4 aromatic heterocycles. The van der Waals surface area contributed by atoms with Crippen molar-refractivity contribution in [2.24, 2.45) is 5.41 Å². The van der Waals surface area contributed by atoms with Gasteiger partial charge in [-0.1, -0.05) is 26.5 Å². The monoisotopic (exact) mass is 683 g/mol. The molecule has 0 saturated carbocycles. The molecule has 6 heterocycles. The lowest BCUT2D eigenvalue weighted by molar-refractivity contribution is -0.139. The van der Waals surface area contributed by atoms with Crippen LogP contribution in [0, 0.1) is 25.1 Å². The minimum Gasteiger partial charge on any atom is -0.370 e. The van der Waals surface area contributed by atoms with E-state index in [1.54, 1.807) is 17.2 Å². The number of piperidine rings is 1. The van der Waals surface area contributed by atoms with Gasteiger partial charge in [0.2, 0.25) is 5.91 Å². The first-order valence-corrected chi connectivity index (χ1v) is 18.2. The quantitative estimate of drug-likeness (QED) is 0.241. The van der Waals surface area contributed by atoms with Crippen LogP contribution in [0.5, 0.6) is 0 Å². The molecule has 2 aliphatic rings. The van der Waals surface area contributed by atoms with Gasteiger partial charge in [-0.2, -0.15) is 0 Å². The van der Waals surface area contributed by atoms with Gasteiger partial charge in [0.1, 0.15) is 11.5 Å². The Hall–Kier alpha value is -4.91. The standard InChI is InChI=1S/C36H38FN7O4S/c1-7-26(45)43-17-36(18-43)11-14-42(15-12-36)32-23-16-24(37)29(27-21(4)8-9-25-30(27)40-19-39-25)41-34(23)44(35(46)33(32)49(6,47)48)31-22(5)10-13-38-28(31)20(2)3/h7-10,13,16,19-20H,1,11-12,14-15,17-18H2,2-6H3,(H,39,40). The molecule has 2 saturated heterocycles. The summed E-state index contributed by atoms with van der Waals surface area (Å²) in [6.07, 6.45) is 6.83. The first-order valence-electron chi connectivity index (χ1n) is 16.3. The molecular weight excluding hydrogens is 646 g/mol. The Morgan fingerprint density at radius 2 is 1.80 bits per heavy atom. The Balaban J connectivity index is 1.52. The Morgan fingerprint density at radius 1 is 1.08 bits per heavy atom. The highest BCUT2D eigenvalue weighted by molar-refractivity contribution is 7.90. The maximum atomic E-state index is 16.6. The van der Waals surface area contributed by atoms with E-state index in [9.17, 15) is 18.0 Å². The molecule has 1 spiro atoms. The number of H-pyrrole nitrogens is 1. The molecule has 5 aromatic rings. The number of nitrogens with one attached hydrogen (secondary N) is 1. The fourth-order valence-corrected chi connectivity index (χ4v) is 8.54. The van der Waals surface area contributed by atoms with Crippen LogP contribution in [0.2, 0.25) is 0 Å². The summed E-state index contributed by atoms with van der Waals surface area (Å²) in [5.41, 5.74) is 3.52. The van der Waals surface area contributed by atoms with Gasteiger partial charge < -0.3 is 14.8 Å². The van der Waals surface area contributed by atoms with Crippen molar-refractivity contribution in [2.75, 3.05) is 37.3 Å². The molecule has 0 bridgehead atoms. The van der Waals surface area contributed by atoms with Crippen LogP contribution in [0.15, 0.2) is 59.1 Å². The number of rotatable bonds is 6. The van der Waals surface area contributed by atoms with Crippen LogP contribution in [-0.2, 0) is 14.6 Å². The molecule has 2 aliphatic heterocycles. The zero-order valence-electron chi connectivity index (χ0n) is 28.2. The molecule has 1 aromatic carbocycles. The third kappa shape index (κ3) is 5.22. The first-order chi connectivity index (χ1) is 23.2. The SMILES string of the molecule is C=CC(=O)N1CC2(CCN(c3c(S(C)(=O)=O)c(=O)n(-c4c(C)ccnc4C(C)C)c4nc(-c5c(C)ccc6[nH]cnc56)c(F)cc34)CC2)C1. The van der Waals surface area contributed by atoms with Crippen molar-refractivity contribution >= 4 is 43.5 Å². The van der Waals surface area contributed by atoms with Crippen molar-refractivity contribution in [3.05, 3.63) is 82.4 Å². The van der Waals surface area contributed by atoms with Gasteiger partial charge in [-0.05, 0) is 68.0 Å². The van der Waals surface area contributed by atoms with Crippen molar-refractivity contribution < 1.29 is 17.6 Å². The van der Waals surface area contributed by atoms with Crippen molar-refractivity contribution in [3.63, 3.8) is 0 Å². The van der Waals surface area contributed by atoms with Crippen molar-refractivity contribution in [3.8, 4) is 16.9 Å². The third-order valence-electron chi connectivity index (χ3n) is 10.0. The third-order valence-corrected chi connectivity index (χ3v) is 11.2. The number of sulfone groups is 1. The smallest absolute Gasteiger partial charge is 0.277 e. The van der Waals surface area contributed by atoms with Crippen LogP contribution in [0.4, 0.5) is 10.1 Å². The molecule has 13 heteroatoms. The number of halogens is 1. The van der Waals surface area contributed by atoms with Crippen LogP contribution >= 0.6 is 0 Å². The van der Waals surface area contributed by atoms with Gasteiger partial charge in [0.05, 0.1) is 34.4 Å². The van der Waals surface area contributed by atoms with Gasteiger partial charge >= 0.3 is 0 Å². The van der Waals surface area contributed by atoms with E-state index in [0.29, 0.717) is 72.6 Å². The normalized spacial score (nSPS) is 16.1. The fraction of sp³-hybridized carbons (Fsp3) is 0.361. The molecule has 49 heavy (non-hydrogen) atoms. The van der Waals surface area contributed by atoms with Gasteiger partial charge in [0, 0.05) is 55.0 Å². The second-order valence-corrected chi connectivity index (χ2v) is 15.7. The summed E-state index contributed by atoms with van der Waals surface area (Å²) in [5, 5.41) is 0.208. The lowest BCUT2D eigenvalue weighted by Crippen LogP contribution is -2.61. The molecular formula is C36H38FN7O4S. The Kier molecular flexibility index (Phi) is 7.73. The van der Waals surface area contributed by atoms with E-state index < -0.39 is 26.1 Å². The lowest BCUT2D eigenvalue weighted by atomic mass is 9.72. The number of aromatic amines is 1. The number of carbonyl (C=O) groups excluding carboxylic acids is 1. The topological polar surface area (TPSA) is 134 Å². The summed E-state index contributed by atoms with van der Waals surface area (Å²) in [6, 6.07) is 6.78. The predicted molar refractivity (Wildman–Crippen MR) is 188 cm³/mol. The number of anilines is 1. The second-order valence-electron chi connectivity index (χ2n) is 13.7. The van der Waals surface area contributed by atoms with Gasteiger partial charge in [0.15, 0.2) is 20.4 Å². The number of imidazole rings is 1. The maximum Gasteiger partial charge on any atom is 0.277 e. The van der Waals surface area contributed by atoms with E-state index in [1.165, 1.54) is 23.0 Å². The molecule has 1 N–H and O–H groups in total. The molecule has 11 nitrogen and oxygen atoms in total. The minimum atomic E-state index is -4.15. The first kappa shape index (κ1) is 32.6. The number of aromatic nitrogens is 5. The van der Waals surface area contributed by atoms with Crippen molar-refractivity contribution in [2.45, 2.75) is 51.3 Å². The van der Waals surface area contributed by atoms with Crippen molar-refractivity contribution in [1.29, 1.82) is 0 Å². The molecule has 254 valence electrons. The van der Waals surface area contributed by atoms with E-state index >= 15 is 4.39 Å². The van der Waals surface area contributed by atoms with Crippen LogP contribution in [0.25, 0.3) is 39.0 Å². The number of fused-ring (bicyclic) bond motifs is 2. The molecule has 2 fully saturated rings. The molecule has 0 radical (unpaired) electrons. The Labute approximate surface area is 283 Å². The average molecular weight is 684 g/mol. The van der Waals surface area contributed by atoms with Crippen molar-refractivity contribution in [1.82, 2.24) is 29.4 Å². The molecule has 0 atom stereocenters. The van der Waals surface area contributed by atoms with E-state index in [0.717, 1.165) is 11.8 Å². The summed E-state index contributed by atoms with van der Waals surface area (Å²) < 4.78 is 45.3. The van der Waals surface area contributed by atoms with Gasteiger partial charge in [-0.25, -0.2) is 22.8 Å². The largest absolute Gasteiger partial charge is 0.370 e. The Bertz CT molecular complexity index is 2360. The summed E-state index contributed by atoms with van der Waals surface area (Å²) in [4.78, 5) is 47.3. The van der Waals surface area contributed by atoms with Crippen LogP contribution in [-0.4, -0.2) is 76.2 Å². The zero-order valence-corrected chi connectivity index (χ0v) is 29.0. The number of aryl methyl sites for hydroxylation is 2. The number of pyridine rings is 3. The fourth-order valence-electron chi connectivity index (χ4n) is 7.54. The summed E-state index contributed by atoms with van der Waals surface area (Å²) in [7, 11) is -4.15. The number of carbonyl (C=O) groups is 1. The number of benzene rings is 1. The summed E-state index contributed by atoms with van der Waals surface area (Å²) in [6.45, 7) is 13.1. The van der Waals surface area contributed by atoms with Gasteiger partial charge in [0.25, 0.3) is 5.56 Å². The summed E-state index contributed by atoms with van der Waals surface area (Å²) in [5.74, 6) is -0.923. The molecule has 7 rings (SSSR count). The van der Waals surface area contributed by atoms with E-state index in [4.69, 9.17) is 4.98 Å². The number of hydrogen-bond donors (Lipinski definition) is 1. The van der Waals surface area contributed by atoms with Gasteiger partial charge in [-0.15, -0.1) is 0 Å². The highest BCUT2D eigenvalue weighted by atomic mass is 32.2. The van der Waals surface area contributed by atoms with Crippen LogP contribution < -0.4 is 10.5 Å². The Morgan fingerprint density at radius 3 is 2.45 bits per heavy atom. The van der Waals surface area contributed by atoms with E-state index in [1.807, 2.05) is 44.7 Å². The number of amides is 1. The second kappa shape index (κ2) is 11.6. The predicted octanol–water partition coefficient (Wildman–Crippen LogP) is 5.22. The molecule has 0 unspecified atom stereocenters. The lowest BCUT2D eigenvalue weighted by Gasteiger charge is -2.54. The highest BCUT2D eigenvalue weighted by Gasteiger charge is 2.47. The van der Waals surface area contributed by atoms with E-state index in [-0.39, 0.29) is 39.7 Å². The van der Waals surface area contributed by atoms with Crippen LogP contribution in [0.3, 0.4) is 0 Å². The zero-order chi connectivity index (χ0) is 35.0. The van der Waals surface area contributed by atoms with Gasteiger partial charge in [-0.3, -0.25) is 19.1 Å². The average Bonchev–Trinajstić information content (AvgIpc) is 3.51. The van der Waals surface area contributed by atoms with E-state index in [2.05, 4.69) is 21.5 Å². The number of likely N-dealkylation sites (tertiary alicyclic amines) is 1. The minimum absolute atomic E-state index is 0.000545.